The number of aliphatic hydroxyl groups is 1. The Labute approximate surface area is 130 Å². The summed E-state index contributed by atoms with van der Waals surface area (Å²) >= 11 is 0. The topological polar surface area (TPSA) is 20.2 Å². The summed E-state index contributed by atoms with van der Waals surface area (Å²) in [6.07, 6.45) is 11.3. The summed E-state index contributed by atoms with van der Waals surface area (Å²) in [5.41, 5.74) is 5.55. The van der Waals surface area contributed by atoms with E-state index < -0.39 is 0 Å². The number of fused-ring (bicyclic) bond motifs is 3. The van der Waals surface area contributed by atoms with E-state index in [1.165, 1.54) is 44.1 Å². The molecule has 1 nitrogen and oxygen atoms in total. The fourth-order valence-corrected chi connectivity index (χ4v) is 5.60. The highest BCUT2D eigenvalue weighted by Gasteiger charge is 2.46. The van der Waals surface area contributed by atoms with Gasteiger partial charge in [-0.05, 0) is 80.1 Å². The second kappa shape index (κ2) is 5.26. The van der Waals surface area contributed by atoms with Gasteiger partial charge in [0.1, 0.15) is 0 Å². The first-order valence-electron chi connectivity index (χ1n) is 8.87. The lowest BCUT2D eigenvalue weighted by Crippen LogP contribution is -2.41. The van der Waals surface area contributed by atoms with Crippen LogP contribution in [-0.4, -0.2) is 11.7 Å². The molecule has 3 aliphatic carbocycles. The summed E-state index contributed by atoms with van der Waals surface area (Å²) in [6.45, 7) is 10.1. The van der Waals surface area contributed by atoms with Gasteiger partial charge in [0, 0.05) is 0 Å². The third-order valence-corrected chi connectivity index (χ3v) is 7.24. The molecule has 0 unspecified atom stereocenters. The number of hydrogen-bond donors (Lipinski definition) is 1. The van der Waals surface area contributed by atoms with Gasteiger partial charge in [0.2, 0.25) is 0 Å². The van der Waals surface area contributed by atoms with Gasteiger partial charge < -0.3 is 5.11 Å². The maximum atomic E-state index is 9.83. The first-order valence-corrected chi connectivity index (χ1v) is 8.87. The molecule has 0 amide bonds. The van der Waals surface area contributed by atoms with Gasteiger partial charge in [-0.3, -0.25) is 0 Å². The van der Waals surface area contributed by atoms with E-state index >= 15 is 0 Å². The molecule has 21 heavy (non-hydrogen) atoms. The fraction of sp³-hybridized carbons (Fsp3) is 0.800. The van der Waals surface area contributed by atoms with Crippen molar-refractivity contribution >= 4 is 0 Å². The largest absolute Gasteiger partial charge is 0.392 e. The van der Waals surface area contributed by atoms with E-state index in [0.717, 1.165) is 12.3 Å². The van der Waals surface area contributed by atoms with Crippen LogP contribution in [-0.2, 0) is 0 Å². The molecule has 1 fully saturated rings. The Morgan fingerprint density at radius 2 is 1.95 bits per heavy atom. The molecule has 0 heterocycles. The van der Waals surface area contributed by atoms with Crippen molar-refractivity contribution in [3.63, 3.8) is 0 Å². The van der Waals surface area contributed by atoms with Crippen molar-refractivity contribution < 1.29 is 5.11 Å². The van der Waals surface area contributed by atoms with E-state index in [4.69, 9.17) is 0 Å². The van der Waals surface area contributed by atoms with E-state index in [0.29, 0.717) is 16.7 Å². The molecule has 1 saturated carbocycles. The number of allylic oxidation sites excluding steroid dienone is 3. The summed E-state index contributed by atoms with van der Waals surface area (Å²) in [4.78, 5) is 0. The second-order valence-electron chi connectivity index (χ2n) is 8.63. The minimum atomic E-state index is 0.273. The molecule has 0 spiro atoms. The maximum Gasteiger partial charge on any atom is 0.0644 e. The van der Waals surface area contributed by atoms with Crippen LogP contribution in [0.25, 0.3) is 0 Å². The van der Waals surface area contributed by atoms with Gasteiger partial charge >= 0.3 is 0 Å². The zero-order valence-electron chi connectivity index (χ0n) is 14.3. The smallest absolute Gasteiger partial charge is 0.0644 e. The maximum absolute atomic E-state index is 9.83. The van der Waals surface area contributed by atoms with Crippen molar-refractivity contribution in [2.75, 3.05) is 6.61 Å². The van der Waals surface area contributed by atoms with Crippen LogP contribution >= 0.6 is 0 Å². The van der Waals surface area contributed by atoms with Crippen molar-refractivity contribution in [3.8, 4) is 0 Å². The first-order chi connectivity index (χ1) is 9.88. The zero-order valence-corrected chi connectivity index (χ0v) is 14.3. The van der Waals surface area contributed by atoms with E-state index in [1.807, 2.05) is 0 Å². The second-order valence-corrected chi connectivity index (χ2v) is 8.63. The SMILES string of the molecule is CC1=C2CC[C@]3(C)CCC=C(CO)[C@H]3C[C@H](CC1)C2(C)C. The predicted molar refractivity (Wildman–Crippen MR) is 89.1 cm³/mol. The van der Waals surface area contributed by atoms with Crippen molar-refractivity contribution in [2.24, 2.45) is 22.7 Å². The molecular weight excluding hydrogens is 256 g/mol. The van der Waals surface area contributed by atoms with Crippen LogP contribution in [0.4, 0.5) is 0 Å². The third kappa shape index (κ3) is 2.42. The molecule has 0 saturated heterocycles. The molecule has 0 aromatic carbocycles. The molecule has 3 atom stereocenters. The van der Waals surface area contributed by atoms with Crippen molar-refractivity contribution in [3.05, 3.63) is 22.8 Å². The summed E-state index contributed by atoms with van der Waals surface area (Å²) in [5.74, 6) is 1.40. The van der Waals surface area contributed by atoms with Gasteiger partial charge in [0.15, 0.2) is 0 Å². The first kappa shape index (κ1) is 15.3. The number of hydrogen-bond acceptors (Lipinski definition) is 1. The van der Waals surface area contributed by atoms with Gasteiger partial charge in [-0.2, -0.15) is 0 Å². The fourth-order valence-electron chi connectivity index (χ4n) is 5.60. The highest BCUT2D eigenvalue weighted by Crippen LogP contribution is 2.57. The minimum Gasteiger partial charge on any atom is -0.392 e. The zero-order chi connectivity index (χ0) is 15.3. The number of aliphatic hydroxyl groups excluding tert-OH is 1. The van der Waals surface area contributed by atoms with Crippen LogP contribution in [0, 0.1) is 22.7 Å². The molecular formula is C20H32O. The van der Waals surface area contributed by atoms with E-state index in [2.05, 4.69) is 33.8 Å². The Bertz CT molecular complexity index is 482. The molecule has 1 N–H and O–H groups in total. The van der Waals surface area contributed by atoms with Crippen LogP contribution in [0.1, 0.15) is 72.6 Å². The van der Waals surface area contributed by atoms with Crippen molar-refractivity contribution in [2.45, 2.75) is 72.6 Å². The average molecular weight is 288 g/mol. The summed E-state index contributed by atoms with van der Waals surface area (Å²) in [5, 5.41) is 9.83. The summed E-state index contributed by atoms with van der Waals surface area (Å²) in [6, 6.07) is 0. The summed E-state index contributed by atoms with van der Waals surface area (Å²) in [7, 11) is 0. The molecule has 3 aliphatic rings. The lowest BCUT2D eigenvalue weighted by Gasteiger charge is -2.52. The van der Waals surface area contributed by atoms with Gasteiger partial charge in [0.25, 0.3) is 0 Å². The van der Waals surface area contributed by atoms with Crippen LogP contribution in [0.5, 0.6) is 0 Å². The molecule has 0 aromatic rings. The Hall–Kier alpha value is -0.560. The normalized spacial score (nSPS) is 39.2. The van der Waals surface area contributed by atoms with Gasteiger partial charge in [-0.1, -0.05) is 38.0 Å². The lowest BCUT2D eigenvalue weighted by molar-refractivity contribution is 0.0728. The Morgan fingerprint density at radius 1 is 1.19 bits per heavy atom. The van der Waals surface area contributed by atoms with E-state index in [1.54, 1.807) is 11.1 Å². The molecule has 0 aromatic heterocycles. The number of rotatable bonds is 1. The molecule has 0 aliphatic heterocycles. The molecule has 0 radical (unpaired) electrons. The van der Waals surface area contributed by atoms with E-state index in [9.17, 15) is 5.11 Å². The van der Waals surface area contributed by atoms with E-state index in [-0.39, 0.29) is 6.61 Å². The van der Waals surface area contributed by atoms with Gasteiger partial charge in [-0.25, -0.2) is 0 Å². The molecule has 3 rings (SSSR count). The minimum absolute atomic E-state index is 0.273. The Morgan fingerprint density at radius 3 is 2.67 bits per heavy atom. The average Bonchev–Trinajstić information content (AvgIpc) is 2.42. The van der Waals surface area contributed by atoms with Crippen LogP contribution in [0.15, 0.2) is 22.8 Å². The standard InChI is InChI=1S/C20H32O/c1-14-7-8-16-12-18-15(13-21)6-5-10-20(18,4)11-9-17(14)19(16,2)3/h6,16,18,21H,5,7-13H2,1-4H3/t16-,18+,20-/m0/s1. The Kier molecular flexibility index (Phi) is 3.84. The quantitative estimate of drug-likeness (QED) is 0.653. The lowest BCUT2D eigenvalue weighted by atomic mass is 9.53. The molecule has 118 valence electrons. The molecule has 1 heteroatoms. The van der Waals surface area contributed by atoms with Crippen molar-refractivity contribution in [1.82, 2.24) is 0 Å². The van der Waals surface area contributed by atoms with Gasteiger partial charge in [-0.15, -0.1) is 0 Å². The highest BCUT2D eigenvalue weighted by molar-refractivity contribution is 5.27. The van der Waals surface area contributed by atoms with Crippen LogP contribution in [0.2, 0.25) is 0 Å². The monoisotopic (exact) mass is 288 g/mol. The molecule has 2 bridgehead atoms. The summed E-state index contributed by atoms with van der Waals surface area (Å²) < 4.78 is 0. The Balaban J connectivity index is 2.00. The van der Waals surface area contributed by atoms with Crippen molar-refractivity contribution in [1.29, 1.82) is 0 Å². The highest BCUT2D eigenvalue weighted by atomic mass is 16.3. The van der Waals surface area contributed by atoms with Crippen LogP contribution in [0.3, 0.4) is 0 Å². The van der Waals surface area contributed by atoms with Gasteiger partial charge in [0.05, 0.1) is 6.61 Å². The van der Waals surface area contributed by atoms with Crippen LogP contribution < -0.4 is 0 Å². The third-order valence-electron chi connectivity index (χ3n) is 7.24. The predicted octanol–water partition coefficient (Wildman–Crippen LogP) is 5.26.